The molecule has 1 amide bonds. The number of hydrogen-bond acceptors (Lipinski definition) is 5. The molecule has 28 heavy (non-hydrogen) atoms. The molecule has 6 heteroatoms. The SMILES string of the molecule is COc1ccc([C@H](C)N2C[C@@]34C=C[C@H](O3)[C@H](C(=O)OCC(C)C)[C@H]4C2=O)cc1. The summed E-state index contributed by atoms with van der Waals surface area (Å²) in [6.07, 6.45) is 3.51. The Bertz CT molecular complexity index is 802. The fraction of sp³-hybridized carbons (Fsp3) is 0.545. The Hall–Kier alpha value is -2.34. The number of esters is 1. The summed E-state index contributed by atoms with van der Waals surface area (Å²) in [7, 11) is 1.63. The number of hydrogen-bond donors (Lipinski definition) is 0. The van der Waals surface area contributed by atoms with Gasteiger partial charge in [0, 0.05) is 0 Å². The van der Waals surface area contributed by atoms with Gasteiger partial charge in [-0.25, -0.2) is 0 Å². The number of benzene rings is 1. The van der Waals surface area contributed by atoms with Crippen LogP contribution in [0.2, 0.25) is 0 Å². The number of rotatable bonds is 6. The zero-order chi connectivity index (χ0) is 20.1. The molecule has 0 unspecified atom stereocenters. The number of likely N-dealkylation sites (tertiary alicyclic amines) is 1. The Morgan fingerprint density at radius 2 is 2.00 bits per heavy atom. The molecule has 1 aromatic rings. The molecule has 3 aliphatic heterocycles. The summed E-state index contributed by atoms with van der Waals surface area (Å²) in [6.45, 7) is 6.78. The second-order valence-electron chi connectivity index (χ2n) is 8.34. The summed E-state index contributed by atoms with van der Waals surface area (Å²) < 4.78 is 16.8. The van der Waals surface area contributed by atoms with Crippen molar-refractivity contribution in [2.45, 2.75) is 38.5 Å². The van der Waals surface area contributed by atoms with Crippen LogP contribution >= 0.6 is 0 Å². The van der Waals surface area contributed by atoms with Crippen molar-refractivity contribution in [3.05, 3.63) is 42.0 Å². The van der Waals surface area contributed by atoms with Crippen molar-refractivity contribution in [1.29, 1.82) is 0 Å². The molecular weight excluding hydrogens is 358 g/mol. The standard InChI is InChI=1S/C22H27NO5/c1-13(2)11-27-21(25)18-17-9-10-22(28-17)12-23(20(24)19(18)22)14(3)15-5-7-16(26-4)8-6-15/h5-10,13-14,17-19H,11-12H2,1-4H3/t14-,17-,18-,19-,22+/m0/s1. The fourth-order valence-electron chi connectivity index (χ4n) is 4.53. The van der Waals surface area contributed by atoms with Crippen molar-refractivity contribution in [3.8, 4) is 5.75 Å². The number of amides is 1. The van der Waals surface area contributed by atoms with Crippen LogP contribution in [0.1, 0.15) is 32.4 Å². The smallest absolute Gasteiger partial charge is 0.312 e. The van der Waals surface area contributed by atoms with Gasteiger partial charge in [-0.2, -0.15) is 0 Å². The van der Waals surface area contributed by atoms with Crippen LogP contribution in [0.3, 0.4) is 0 Å². The molecule has 4 rings (SSSR count). The number of fused-ring (bicyclic) bond motifs is 1. The Morgan fingerprint density at radius 1 is 1.29 bits per heavy atom. The molecule has 3 aliphatic rings. The van der Waals surface area contributed by atoms with E-state index in [2.05, 4.69) is 0 Å². The van der Waals surface area contributed by atoms with E-state index in [1.54, 1.807) is 7.11 Å². The first-order valence-electron chi connectivity index (χ1n) is 9.84. The van der Waals surface area contributed by atoms with E-state index in [0.29, 0.717) is 13.2 Å². The van der Waals surface area contributed by atoms with Crippen LogP contribution in [0.15, 0.2) is 36.4 Å². The maximum atomic E-state index is 13.3. The predicted octanol–water partition coefficient (Wildman–Crippen LogP) is 2.74. The van der Waals surface area contributed by atoms with Gasteiger partial charge >= 0.3 is 5.97 Å². The summed E-state index contributed by atoms with van der Waals surface area (Å²) in [5.41, 5.74) is 0.298. The molecule has 0 aliphatic carbocycles. The Labute approximate surface area is 165 Å². The van der Waals surface area contributed by atoms with Gasteiger partial charge in [0.25, 0.3) is 0 Å². The lowest BCUT2D eigenvalue weighted by Crippen LogP contribution is -2.40. The number of nitrogens with zero attached hydrogens (tertiary/aromatic N) is 1. The van der Waals surface area contributed by atoms with Crippen molar-refractivity contribution in [2.75, 3.05) is 20.3 Å². The quantitative estimate of drug-likeness (QED) is 0.557. The monoisotopic (exact) mass is 385 g/mol. The molecule has 0 radical (unpaired) electrons. The molecule has 6 nitrogen and oxygen atoms in total. The minimum Gasteiger partial charge on any atom is -0.497 e. The molecule has 2 fully saturated rings. The van der Waals surface area contributed by atoms with E-state index in [-0.39, 0.29) is 29.9 Å². The second-order valence-corrected chi connectivity index (χ2v) is 8.34. The normalized spacial score (nSPS) is 31.4. The van der Waals surface area contributed by atoms with Crippen LogP contribution in [-0.2, 0) is 19.1 Å². The number of carbonyl (C=O) groups is 2. The molecule has 0 saturated carbocycles. The summed E-state index contributed by atoms with van der Waals surface area (Å²) in [6, 6.07) is 7.58. The van der Waals surface area contributed by atoms with Gasteiger partial charge in [0.15, 0.2) is 0 Å². The first kappa shape index (κ1) is 19.0. The zero-order valence-corrected chi connectivity index (χ0v) is 16.8. The van der Waals surface area contributed by atoms with Gasteiger partial charge in [-0.05, 0) is 30.5 Å². The molecule has 0 N–H and O–H groups in total. The van der Waals surface area contributed by atoms with Crippen LogP contribution in [0.5, 0.6) is 5.75 Å². The van der Waals surface area contributed by atoms with E-state index < -0.39 is 17.4 Å². The fourth-order valence-corrected chi connectivity index (χ4v) is 4.53. The Balaban J connectivity index is 1.56. The third-order valence-corrected chi connectivity index (χ3v) is 6.03. The largest absolute Gasteiger partial charge is 0.497 e. The van der Waals surface area contributed by atoms with Crippen molar-refractivity contribution >= 4 is 11.9 Å². The summed E-state index contributed by atoms with van der Waals surface area (Å²) >= 11 is 0. The van der Waals surface area contributed by atoms with Crippen molar-refractivity contribution in [3.63, 3.8) is 0 Å². The number of ether oxygens (including phenoxy) is 3. The lowest BCUT2D eigenvalue weighted by molar-refractivity contribution is -0.155. The summed E-state index contributed by atoms with van der Waals surface area (Å²) in [4.78, 5) is 27.9. The molecule has 2 bridgehead atoms. The summed E-state index contributed by atoms with van der Waals surface area (Å²) in [5, 5.41) is 0. The molecule has 5 atom stereocenters. The van der Waals surface area contributed by atoms with E-state index in [0.717, 1.165) is 11.3 Å². The predicted molar refractivity (Wildman–Crippen MR) is 103 cm³/mol. The first-order valence-corrected chi connectivity index (χ1v) is 9.84. The average Bonchev–Trinajstić information content (AvgIpc) is 3.34. The highest BCUT2D eigenvalue weighted by molar-refractivity contribution is 5.91. The highest BCUT2D eigenvalue weighted by atomic mass is 16.6. The third kappa shape index (κ3) is 2.91. The van der Waals surface area contributed by atoms with E-state index in [1.807, 2.05) is 62.1 Å². The molecule has 1 aromatic carbocycles. The van der Waals surface area contributed by atoms with Crippen LogP contribution < -0.4 is 4.74 Å². The summed E-state index contributed by atoms with van der Waals surface area (Å²) in [5.74, 6) is -0.424. The lowest BCUT2D eigenvalue weighted by atomic mass is 9.77. The van der Waals surface area contributed by atoms with E-state index in [4.69, 9.17) is 14.2 Å². The zero-order valence-electron chi connectivity index (χ0n) is 16.8. The molecule has 150 valence electrons. The van der Waals surface area contributed by atoms with Crippen molar-refractivity contribution in [1.82, 2.24) is 4.90 Å². The highest BCUT2D eigenvalue weighted by Crippen LogP contribution is 2.53. The highest BCUT2D eigenvalue weighted by Gasteiger charge is 2.67. The third-order valence-electron chi connectivity index (χ3n) is 6.03. The van der Waals surface area contributed by atoms with Crippen molar-refractivity contribution in [2.24, 2.45) is 17.8 Å². The van der Waals surface area contributed by atoms with Gasteiger partial charge in [-0.1, -0.05) is 38.1 Å². The first-order chi connectivity index (χ1) is 13.4. The van der Waals surface area contributed by atoms with Gasteiger partial charge in [-0.15, -0.1) is 0 Å². The van der Waals surface area contributed by atoms with Gasteiger partial charge in [0.1, 0.15) is 17.3 Å². The van der Waals surface area contributed by atoms with E-state index >= 15 is 0 Å². The Kier molecular flexibility index (Phi) is 4.70. The Morgan fingerprint density at radius 3 is 2.64 bits per heavy atom. The van der Waals surface area contributed by atoms with Crippen LogP contribution in [0.4, 0.5) is 0 Å². The van der Waals surface area contributed by atoms with Gasteiger partial charge in [-0.3, -0.25) is 9.59 Å². The molecule has 1 spiro atoms. The second kappa shape index (κ2) is 6.92. The maximum Gasteiger partial charge on any atom is 0.312 e. The lowest BCUT2D eigenvalue weighted by Gasteiger charge is -2.27. The van der Waals surface area contributed by atoms with Crippen LogP contribution in [0, 0.1) is 17.8 Å². The molecule has 0 aromatic heterocycles. The van der Waals surface area contributed by atoms with Crippen LogP contribution in [-0.4, -0.2) is 48.7 Å². The minimum absolute atomic E-state index is 0.0401. The molecule has 3 heterocycles. The number of carbonyl (C=O) groups excluding carboxylic acids is 2. The van der Waals surface area contributed by atoms with Gasteiger partial charge in [0.05, 0.1) is 38.3 Å². The molecule has 2 saturated heterocycles. The van der Waals surface area contributed by atoms with Gasteiger partial charge in [0.2, 0.25) is 5.91 Å². The maximum absolute atomic E-state index is 13.3. The topological polar surface area (TPSA) is 65.1 Å². The molecular formula is C22H27NO5. The minimum atomic E-state index is -0.718. The number of methoxy groups -OCH3 is 1. The van der Waals surface area contributed by atoms with Crippen LogP contribution in [0.25, 0.3) is 0 Å². The van der Waals surface area contributed by atoms with E-state index in [9.17, 15) is 9.59 Å². The van der Waals surface area contributed by atoms with Crippen molar-refractivity contribution < 1.29 is 23.8 Å². The van der Waals surface area contributed by atoms with Gasteiger partial charge < -0.3 is 19.1 Å². The van der Waals surface area contributed by atoms with E-state index in [1.165, 1.54) is 0 Å². The average molecular weight is 385 g/mol.